The maximum absolute atomic E-state index is 13.2. The molecule has 1 aliphatic heterocycles. The number of aromatic amines is 1. The van der Waals surface area contributed by atoms with Gasteiger partial charge >= 0.3 is 6.03 Å². The molecule has 2 N–H and O–H groups in total. The van der Waals surface area contributed by atoms with Crippen molar-refractivity contribution in [1.82, 2.24) is 30.2 Å². The van der Waals surface area contributed by atoms with Crippen LogP contribution in [0.1, 0.15) is 25.5 Å². The molecule has 2 amide bonds. The molecule has 0 saturated carbocycles. The summed E-state index contributed by atoms with van der Waals surface area (Å²) in [6, 6.07) is 11.8. The van der Waals surface area contributed by atoms with Crippen LogP contribution < -0.4 is 10.2 Å². The predicted octanol–water partition coefficient (Wildman–Crippen LogP) is 4.14. The van der Waals surface area contributed by atoms with Crippen molar-refractivity contribution in [2.75, 3.05) is 24.5 Å². The van der Waals surface area contributed by atoms with Crippen molar-refractivity contribution >= 4 is 22.9 Å². The van der Waals surface area contributed by atoms with Gasteiger partial charge in [-0.05, 0) is 49.7 Å². The molecule has 174 valence electrons. The fourth-order valence-corrected chi connectivity index (χ4v) is 4.42. The second-order valence-corrected chi connectivity index (χ2v) is 8.59. The number of nitrogens with zero attached hydrogens (tertiary/aromatic N) is 5. The SMILES string of the molecule is C[C@H](NC(=O)N1CCN(c2ncnc3[nH]c(-c4ccncc4)cc23)C[C@@H]1C)c1ccc(F)cc1. The summed E-state index contributed by atoms with van der Waals surface area (Å²) in [5, 5.41) is 3.98. The van der Waals surface area contributed by atoms with Gasteiger partial charge in [-0.3, -0.25) is 4.98 Å². The molecule has 8 nitrogen and oxygen atoms in total. The van der Waals surface area contributed by atoms with Crippen molar-refractivity contribution < 1.29 is 9.18 Å². The first-order valence-corrected chi connectivity index (χ1v) is 11.3. The Morgan fingerprint density at radius 3 is 2.65 bits per heavy atom. The van der Waals surface area contributed by atoms with Crippen LogP contribution in [0.2, 0.25) is 0 Å². The van der Waals surface area contributed by atoms with E-state index in [4.69, 9.17) is 0 Å². The van der Waals surface area contributed by atoms with Gasteiger partial charge in [0, 0.05) is 49.3 Å². The summed E-state index contributed by atoms with van der Waals surface area (Å²) in [6.07, 6.45) is 5.09. The molecule has 0 spiro atoms. The number of urea groups is 1. The molecule has 4 heterocycles. The van der Waals surface area contributed by atoms with Crippen molar-refractivity contribution in [2.45, 2.75) is 25.9 Å². The number of H-pyrrole nitrogens is 1. The highest BCUT2D eigenvalue weighted by Crippen LogP contribution is 2.29. The third-order valence-corrected chi connectivity index (χ3v) is 6.29. The molecule has 9 heteroatoms. The Hall–Kier alpha value is -4.01. The maximum Gasteiger partial charge on any atom is 0.318 e. The van der Waals surface area contributed by atoms with Crippen molar-refractivity contribution in [1.29, 1.82) is 0 Å². The van der Waals surface area contributed by atoms with Gasteiger partial charge in [0.15, 0.2) is 0 Å². The van der Waals surface area contributed by atoms with E-state index < -0.39 is 0 Å². The molecule has 1 saturated heterocycles. The fraction of sp³-hybridized carbons (Fsp3) is 0.280. The number of hydrogen-bond donors (Lipinski definition) is 2. The van der Waals surface area contributed by atoms with Crippen LogP contribution >= 0.6 is 0 Å². The maximum atomic E-state index is 13.2. The Labute approximate surface area is 196 Å². The summed E-state index contributed by atoms with van der Waals surface area (Å²) in [6.45, 7) is 5.81. The lowest BCUT2D eigenvalue weighted by Gasteiger charge is -2.40. The molecule has 5 rings (SSSR count). The number of halogens is 1. The predicted molar refractivity (Wildman–Crippen MR) is 129 cm³/mol. The van der Waals surface area contributed by atoms with Gasteiger partial charge in [0.05, 0.1) is 11.4 Å². The molecule has 0 bridgehead atoms. The van der Waals surface area contributed by atoms with E-state index in [0.717, 1.165) is 33.7 Å². The van der Waals surface area contributed by atoms with Gasteiger partial charge in [-0.15, -0.1) is 0 Å². The van der Waals surface area contributed by atoms with Gasteiger partial charge in [0.25, 0.3) is 0 Å². The lowest BCUT2D eigenvalue weighted by molar-refractivity contribution is 0.168. The third kappa shape index (κ3) is 4.28. The lowest BCUT2D eigenvalue weighted by Crippen LogP contribution is -2.57. The number of piperazine rings is 1. The van der Waals surface area contributed by atoms with Crippen LogP contribution in [0.5, 0.6) is 0 Å². The Kier molecular flexibility index (Phi) is 5.83. The first kappa shape index (κ1) is 21.8. The molecule has 2 atom stereocenters. The highest BCUT2D eigenvalue weighted by molar-refractivity contribution is 5.92. The average Bonchev–Trinajstić information content (AvgIpc) is 3.29. The smallest absolute Gasteiger partial charge is 0.318 e. The number of carbonyl (C=O) groups is 1. The van der Waals surface area contributed by atoms with Crippen molar-refractivity contribution in [3.63, 3.8) is 0 Å². The zero-order valence-corrected chi connectivity index (χ0v) is 19.1. The van der Waals surface area contributed by atoms with Gasteiger partial charge < -0.3 is 20.1 Å². The summed E-state index contributed by atoms with van der Waals surface area (Å²) >= 11 is 0. The lowest BCUT2D eigenvalue weighted by atomic mass is 10.1. The number of benzene rings is 1. The van der Waals surface area contributed by atoms with E-state index in [1.165, 1.54) is 12.1 Å². The van der Waals surface area contributed by atoms with E-state index in [1.807, 2.05) is 30.9 Å². The summed E-state index contributed by atoms with van der Waals surface area (Å²) in [4.78, 5) is 33.4. The molecular formula is C25H26FN7O. The van der Waals surface area contributed by atoms with Gasteiger partial charge in [-0.2, -0.15) is 0 Å². The number of amides is 2. The molecule has 0 unspecified atom stereocenters. The summed E-state index contributed by atoms with van der Waals surface area (Å²) in [7, 11) is 0. The molecule has 4 aromatic rings. The number of nitrogens with one attached hydrogen (secondary N) is 2. The first-order valence-electron chi connectivity index (χ1n) is 11.3. The average molecular weight is 460 g/mol. The van der Waals surface area contributed by atoms with E-state index in [-0.39, 0.29) is 23.9 Å². The van der Waals surface area contributed by atoms with Crippen LogP contribution in [-0.4, -0.2) is 56.5 Å². The van der Waals surface area contributed by atoms with Crippen molar-refractivity contribution in [3.05, 3.63) is 72.6 Å². The van der Waals surface area contributed by atoms with Crippen LogP contribution in [0.4, 0.5) is 15.0 Å². The standard InChI is InChI=1S/C25H26FN7O/c1-16-14-32(11-12-33(16)25(34)30-17(2)18-3-5-20(26)6-4-18)24-21-13-22(19-7-9-27-10-8-19)31-23(21)28-15-29-24/h3-10,13,15-17H,11-12,14H2,1-2H3,(H,30,34)(H,28,29,31)/t16-,17-/m0/s1. The minimum absolute atomic E-state index is 0.0159. The van der Waals surface area contributed by atoms with Gasteiger partial charge in [0.2, 0.25) is 0 Å². The highest BCUT2D eigenvalue weighted by atomic mass is 19.1. The summed E-state index contributed by atoms with van der Waals surface area (Å²) < 4.78 is 13.2. The van der Waals surface area contributed by atoms with Crippen LogP contribution in [0.25, 0.3) is 22.3 Å². The fourth-order valence-electron chi connectivity index (χ4n) is 4.42. The number of pyridine rings is 1. The molecule has 0 radical (unpaired) electrons. The number of rotatable bonds is 4. The molecule has 3 aromatic heterocycles. The normalized spacial score (nSPS) is 17.1. The van der Waals surface area contributed by atoms with Crippen molar-refractivity contribution in [3.8, 4) is 11.3 Å². The summed E-state index contributed by atoms with van der Waals surface area (Å²) in [5.74, 6) is 0.564. The second-order valence-electron chi connectivity index (χ2n) is 8.59. The quantitative estimate of drug-likeness (QED) is 0.479. The Bertz CT molecular complexity index is 1290. The zero-order chi connectivity index (χ0) is 23.7. The van der Waals surface area contributed by atoms with Crippen molar-refractivity contribution in [2.24, 2.45) is 0 Å². The number of anilines is 1. The highest BCUT2D eigenvalue weighted by Gasteiger charge is 2.30. The second kappa shape index (κ2) is 9.09. The van der Waals surface area contributed by atoms with Crippen LogP contribution in [0.3, 0.4) is 0 Å². The molecular weight excluding hydrogens is 433 g/mol. The topological polar surface area (TPSA) is 90.0 Å². The van der Waals surface area contributed by atoms with E-state index in [9.17, 15) is 9.18 Å². The van der Waals surface area contributed by atoms with Crippen LogP contribution in [0, 0.1) is 5.82 Å². The Morgan fingerprint density at radius 1 is 1.15 bits per heavy atom. The molecule has 0 aliphatic carbocycles. The number of hydrogen-bond acceptors (Lipinski definition) is 5. The van der Waals surface area contributed by atoms with Crippen LogP contribution in [-0.2, 0) is 0 Å². The minimum atomic E-state index is -0.291. The van der Waals surface area contributed by atoms with E-state index in [1.54, 1.807) is 30.9 Å². The zero-order valence-electron chi connectivity index (χ0n) is 19.1. The molecule has 34 heavy (non-hydrogen) atoms. The Balaban J connectivity index is 1.29. The Morgan fingerprint density at radius 2 is 1.91 bits per heavy atom. The first-order chi connectivity index (χ1) is 16.5. The van der Waals surface area contributed by atoms with Gasteiger partial charge in [-0.1, -0.05) is 12.1 Å². The number of fused-ring (bicyclic) bond motifs is 1. The van der Waals surface area contributed by atoms with Gasteiger partial charge in [0.1, 0.15) is 23.6 Å². The largest absolute Gasteiger partial charge is 0.352 e. The van der Waals surface area contributed by atoms with E-state index >= 15 is 0 Å². The van der Waals surface area contributed by atoms with E-state index in [2.05, 4.69) is 36.2 Å². The summed E-state index contributed by atoms with van der Waals surface area (Å²) in [5.41, 5.74) is 3.63. The third-order valence-electron chi connectivity index (χ3n) is 6.29. The molecule has 1 aliphatic rings. The minimum Gasteiger partial charge on any atom is -0.352 e. The van der Waals surface area contributed by atoms with Crippen LogP contribution in [0.15, 0.2) is 61.2 Å². The van der Waals surface area contributed by atoms with Gasteiger partial charge in [-0.25, -0.2) is 19.2 Å². The number of aromatic nitrogens is 4. The number of carbonyl (C=O) groups excluding carboxylic acids is 1. The molecule has 1 fully saturated rings. The monoisotopic (exact) mass is 459 g/mol. The van der Waals surface area contributed by atoms with E-state index in [0.29, 0.717) is 19.6 Å². The molecule has 1 aromatic carbocycles.